The van der Waals surface area contributed by atoms with Crippen LogP contribution in [-0.4, -0.2) is 11.1 Å². The average Bonchev–Trinajstić information content (AvgIpc) is 1.33. The maximum atomic E-state index is 9.00. The molecule has 0 unspecified atom stereocenters. The van der Waals surface area contributed by atoms with E-state index in [-0.39, 0.29) is 0 Å². The Morgan fingerprint density at radius 1 is 2.00 bits per heavy atom. The molecule has 40 valence electrons. The van der Waals surface area contributed by atoms with Crippen LogP contribution < -0.4 is 5.73 Å². The van der Waals surface area contributed by atoms with Gasteiger partial charge in [-0.15, -0.1) is 0 Å². The van der Waals surface area contributed by atoms with E-state index in [0.29, 0.717) is 0 Å². The Hall–Kier alpha value is -1.24. The lowest BCUT2D eigenvalue weighted by Crippen LogP contribution is -1.78. The third kappa shape index (κ3) is 23.6. The van der Waals surface area contributed by atoms with Gasteiger partial charge in [-0.05, 0) is 0 Å². The van der Waals surface area contributed by atoms with Crippen LogP contribution in [0.1, 0.15) is 6.92 Å². The van der Waals surface area contributed by atoms with Crippen molar-refractivity contribution in [2.45, 2.75) is 6.92 Å². The lowest BCUT2D eigenvalue weighted by Gasteiger charge is -1.59. The molecule has 3 N–H and O–H groups in total. The zero-order chi connectivity index (χ0) is 6.28. The van der Waals surface area contributed by atoms with E-state index in [9.17, 15) is 0 Å². The number of carbonyl (C=O) groups is 1. The van der Waals surface area contributed by atoms with Crippen molar-refractivity contribution in [1.29, 1.82) is 5.26 Å². The molecule has 0 aromatic carbocycles. The van der Waals surface area contributed by atoms with E-state index in [1.165, 1.54) is 6.19 Å². The predicted octanol–water partition coefficient (Wildman–Crippen LogP) is -0.483. The fourth-order valence-electron chi connectivity index (χ4n) is 0. The third-order valence-electron chi connectivity index (χ3n) is 0. The zero-order valence-electron chi connectivity index (χ0n) is 3.88. The Kier molecular flexibility index (Phi) is 11.7. The SMILES string of the molecule is CC(=O)O.N#CN. The molecule has 0 amide bonds. The van der Waals surface area contributed by atoms with Gasteiger partial charge >= 0.3 is 0 Å². The van der Waals surface area contributed by atoms with Gasteiger partial charge in [-0.1, -0.05) is 0 Å². The molecule has 0 bridgehead atoms. The van der Waals surface area contributed by atoms with E-state index < -0.39 is 5.97 Å². The third-order valence-corrected chi connectivity index (χ3v) is 0. The highest BCUT2D eigenvalue weighted by Gasteiger charge is 1.65. The highest BCUT2D eigenvalue weighted by molar-refractivity contribution is 5.62. The molecule has 0 aliphatic heterocycles. The van der Waals surface area contributed by atoms with Crippen LogP contribution in [0.2, 0.25) is 0 Å². The van der Waals surface area contributed by atoms with Crippen LogP contribution >= 0.6 is 0 Å². The Morgan fingerprint density at radius 3 is 2.00 bits per heavy atom. The van der Waals surface area contributed by atoms with Gasteiger partial charge in [-0.3, -0.25) is 4.79 Å². The van der Waals surface area contributed by atoms with Crippen LogP contribution in [0.15, 0.2) is 0 Å². The Bertz CT molecular complexity index is 79.4. The van der Waals surface area contributed by atoms with Crippen LogP contribution in [0.3, 0.4) is 0 Å². The highest BCUT2D eigenvalue weighted by atomic mass is 16.4. The molecule has 0 radical (unpaired) electrons. The number of aliphatic carboxylic acids is 1. The number of carboxylic acids is 1. The first kappa shape index (κ1) is 9.23. The van der Waals surface area contributed by atoms with E-state index in [2.05, 4.69) is 5.73 Å². The van der Waals surface area contributed by atoms with Gasteiger partial charge in [0.2, 0.25) is 0 Å². The van der Waals surface area contributed by atoms with Gasteiger partial charge in [0.05, 0.1) is 0 Å². The Morgan fingerprint density at radius 2 is 2.00 bits per heavy atom. The number of nitrogens with zero attached hydrogens (tertiary/aromatic N) is 1. The number of nitriles is 1. The minimum absolute atomic E-state index is 0.833. The fraction of sp³-hybridized carbons (Fsp3) is 0.333. The van der Waals surface area contributed by atoms with Crippen molar-refractivity contribution in [3.05, 3.63) is 0 Å². The summed E-state index contributed by atoms with van der Waals surface area (Å²) in [5, 5.41) is 14.5. The molecule has 0 aromatic heterocycles. The quantitative estimate of drug-likeness (QED) is 0.319. The summed E-state index contributed by atoms with van der Waals surface area (Å²) in [7, 11) is 0. The predicted molar refractivity (Wildman–Crippen MR) is 23.1 cm³/mol. The zero-order valence-corrected chi connectivity index (χ0v) is 3.88. The molecule has 4 heteroatoms. The molecule has 0 rings (SSSR count). The van der Waals surface area contributed by atoms with Crippen LogP contribution in [0.25, 0.3) is 0 Å². The number of carboxylic acid groups (broad SMARTS) is 1. The monoisotopic (exact) mass is 102 g/mol. The second-order valence-electron chi connectivity index (χ2n) is 0.648. The number of nitrogens with two attached hydrogens (primary N) is 1. The Balaban J connectivity index is 0. The summed E-state index contributed by atoms with van der Waals surface area (Å²) in [6, 6.07) is 0. The number of rotatable bonds is 0. The van der Waals surface area contributed by atoms with Crippen LogP contribution in [0, 0.1) is 11.5 Å². The van der Waals surface area contributed by atoms with Crippen molar-refractivity contribution in [3.8, 4) is 6.19 Å². The van der Waals surface area contributed by atoms with E-state index in [1.54, 1.807) is 0 Å². The van der Waals surface area contributed by atoms with Gasteiger partial charge in [-0.25, -0.2) is 0 Å². The molecule has 0 atom stereocenters. The maximum absolute atomic E-state index is 9.00. The standard InChI is InChI=1S/C2H4O2.CH2N2/c1-2(3)4;2-1-3/h1H3,(H,3,4);2H2. The molecular formula is C3H6N2O2. The molecule has 7 heavy (non-hydrogen) atoms. The average molecular weight is 102 g/mol. The molecular weight excluding hydrogens is 96.0 g/mol. The molecule has 0 spiro atoms. The Labute approximate surface area is 41.2 Å². The van der Waals surface area contributed by atoms with E-state index in [0.717, 1.165) is 6.92 Å². The van der Waals surface area contributed by atoms with Crippen LogP contribution in [-0.2, 0) is 4.79 Å². The topological polar surface area (TPSA) is 87.1 Å². The summed E-state index contributed by atoms with van der Waals surface area (Å²) in [5.41, 5.74) is 4.15. The van der Waals surface area contributed by atoms with Gasteiger partial charge in [0, 0.05) is 6.92 Å². The minimum atomic E-state index is -0.833. The van der Waals surface area contributed by atoms with E-state index >= 15 is 0 Å². The normalized spacial score (nSPS) is 4.57. The smallest absolute Gasteiger partial charge is 0.300 e. The minimum Gasteiger partial charge on any atom is -0.481 e. The van der Waals surface area contributed by atoms with Gasteiger partial charge in [0.1, 0.15) is 0 Å². The van der Waals surface area contributed by atoms with Crippen LogP contribution in [0.5, 0.6) is 0 Å². The molecule has 0 saturated carbocycles. The largest absolute Gasteiger partial charge is 0.481 e. The second-order valence-corrected chi connectivity index (χ2v) is 0.648. The molecule has 0 heterocycles. The molecule has 0 aliphatic rings. The first-order valence-electron chi connectivity index (χ1n) is 1.44. The van der Waals surface area contributed by atoms with Crippen molar-refractivity contribution in [2.75, 3.05) is 0 Å². The molecule has 0 aromatic rings. The summed E-state index contributed by atoms with van der Waals surface area (Å²) in [6.07, 6.45) is 1.25. The summed E-state index contributed by atoms with van der Waals surface area (Å²) in [6.45, 7) is 1.08. The molecule has 0 fully saturated rings. The van der Waals surface area contributed by atoms with E-state index in [1.807, 2.05) is 0 Å². The van der Waals surface area contributed by atoms with Crippen molar-refractivity contribution in [3.63, 3.8) is 0 Å². The molecule has 4 nitrogen and oxygen atoms in total. The van der Waals surface area contributed by atoms with Crippen molar-refractivity contribution < 1.29 is 9.90 Å². The van der Waals surface area contributed by atoms with Crippen molar-refractivity contribution >= 4 is 5.97 Å². The lowest BCUT2D eigenvalue weighted by atomic mass is 10.9. The first-order valence-corrected chi connectivity index (χ1v) is 1.44. The summed E-state index contributed by atoms with van der Waals surface area (Å²) < 4.78 is 0. The molecule has 0 aliphatic carbocycles. The maximum Gasteiger partial charge on any atom is 0.300 e. The highest BCUT2D eigenvalue weighted by Crippen LogP contribution is 1.42. The first-order chi connectivity index (χ1) is 3.15. The second kappa shape index (κ2) is 8.83. The van der Waals surface area contributed by atoms with Gasteiger partial charge in [-0.2, -0.15) is 5.26 Å². The van der Waals surface area contributed by atoms with Crippen LogP contribution in [0.4, 0.5) is 0 Å². The van der Waals surface area contributed by atoms with E-state index in [4.69, 9.17) is 15.2 Å². The molecule has 0 saturated heterocycles. The number of hydrogen-bond donors (Lipinski definition) is 2. The van der Waals surface area contributed by atoms with Gasteiger partial charge in [0.25, 0.3) is 5.97 Å². The van der Waals surface area contributed by atoms with Crippen molar-refractivity contribution in [1.82, 2.24) is 0 Å². The summed E-state index contributed by atoms with van der Waals surface area (Å²) in [4.78, 5) is 9.00. The lowest BCUT2D eigenvalue weighted by molar-refractivity contribution is -0.134. The van der Waals surface area contributed by atoms with Gasteiger partial charge in [0.15, 0.2) is 6.19 Å². The number of hydrogen-bond acceptors (Lipinski definition) is 3. The van der Waals surface area contributed by atoms with Crippen molar-refractivity contribution in [2.24, 2.45) is 5.73 Å². The summed E-state index contributed by atoms with van der Waals surface area (Å²) >= 11 is 0. The fourth-order valence-corrected chi connectivity index (χ4v) is 0. The summed E-state index contributed by atoms with van der Waals surface area (Å²) in [5.74, 6) is -0.833. The van der Waals surface area contributed by atoms with Gasteiger partial charge < -0.3 is 10.8 Å².